The second-order valence-corrected chi connectivity index (χ2v) is 4.51. The highest BCUT2D eigenvalue weighted by atomic mass is 15.2. The van der Waals surface area contributed by atoms with Gasteiger partial charge in [-0.15, -0.1) is 0 Å². The number of aromatic nitrogens is 2. The average molecular weight is 177 g/mol. The highest BCUT2D eigenvalue weighted by molar-refractivity contribution is 5.31. The van der Waals surface area contributed by atoms with Crippen molar-refractivity contribution in [2.75, 3.05) is 5.73 Å². The molecule has 3 rings (SSSR count). The van der Waals surface area contributed by atoms with Crippen molar-refractivity contribution in [3.63, 3.8) is 0 Å². The smallest absolute Gasteiger partial charge is 0.145 e. The van der Waals surface area contributed by atoms with Gasteiger partial charge in [0.25, 0.3) is 0 Å². The molecule has 3 N–H and O–H groups in total. The number of hydrogen-bond acceptors (Lipinski definition) is 2. The zero-order chi connectivity index (χ0) is 8.84. The molecule has 2 fully saturated rings. The van der Waals surface area contributed by atoms with Gasteiger partial charge in [0, 0.05) is 17.7 Å². The van der Waals surface area contributed by atoms with Crippen molar-refractivity contribution in [1.29, 1.82) is 0 Å². The highest BCUT2D eigenvalue weighted by Gasteiger charge is 2.41. The van der Waals surface area contributed by atoms with E-state index in [9.17, 15) is 0 Å². The molecule has 0 atom stereocenters. The van der Waals surface area contributed by atoms with Gasteiger partial charge in [-0.3, -0.25) is 5.10 Å². The van der Waals surface area contributed by atoms with E-state index in [1.807, 2.05) is 6.07 Å². The van der Waals surface area contributed by atoms with Crippen molar-refractivity contribution >= 4 is 5.82 Å². The first-order chi connectivity index (χ1) is 6.33. The topological polar surface area (TPSA) is 54.7 Å². The second kappa shape index (κ2) is 2.50. The van der Waals surface area contributed by atoms with Crippen LogP contribution in [-0.4, -0.2) is 10.2 Å². The van der Waals surface area contributed by atoms with Crippen molar-refractivity contribution in [2.24, 2.45) is 11.8 Å². The fourth-order valence-electron chi connectivity index (χ4n) is 2.43. The predicted molar refractivity (Wildman–Crippen MR) is 51.2 cm³/mol. The summed E-state index contributed by atoms with van der Waals surface area (Å²) in [4.78, 5) is 0. The Morgan fingerprint density at radius 2 is 2.08 bits per heavy atom. The Hall–Kier alpha value is -0.990. The minimum atomic E-state index is 0.630. The highest BCUT2D eigenvalue weighted by Crippen LogP contribution is 2.52. The zero-order valence-corrected chi connectivity index (χ0v) is 7.66. The summed E-state index contributed by atoms with van der Waals surface area (Å²) < 4.78 is 0. The summed E-state index contributed by atoms with van der Waals surface area (Å²) in [6, 6.07) is 1.98. The molecule has 13 heavy (non-hydrogen) atoms. The monoisotopic (exact) mass is 177 g/mol. The average Bonchev–Trinajstić information content (AvgIpc) is 2.74. The summed E-state index contributed by atoms with van der Waals surface area (Å²) >= 11 is 0. The molecule has 2 aliphatic rings. The van der Waals surface area contributed by atoms with Gasteiger partial charge in [0.2, 0.25) is 0 Å². The van der Waals surface area contributed by atoms with Crippen LogP contribution in [0.5, 0.6) is 0 Å². The molecule has 2 saturated carbocycles. The molecule has 2 aliphatic carbocycles. The summed E-state index contributed by atoms with van der Waals surface area (Å²) in [6.07, 6.45) is 5.66. The fraction of sp³-hybridized carbons (Fsp3) is 0.700. The number of anilines is 1. The first-order valence-electron chi connectivity index (χ1n) is 5.13. The minimum Gasteiger partial charge on any atom is -0.382 e. The van der Waals surface area contributed by atoms with Crippen molar-refractivity contribution in [2.45, 2.75) is 31.6 Å². The molecule has 3 nitrogen and oxygen atoms in total. The van der Waals surface area contributed by atoms with Crippen LogP contribution in [0.3, 0.4) is 0 Å². The van der Waals surface area contributed by atoms with Crippen LogP contribution >= 0.6 is 0 Å². The molecule has 70 valence electrons. The Morgan fingerprint density at radius 3 is 2.62 bits per heavy atom. The standard InChI is InChI=1S/C10H15N3/c11-10-5-9(12-13-10)8-3-7(4-8)6-1-2-6/h5-8H,1-4H2,(H3,11,12,13). The fourth-order valence-corrected chi connectivity index (χ4v) is 2.43. The van der Waals surface area contributed by atoms with Gasteiger partial charge in [-0.1, -0.05) is 0 Å². The number of hydrogen-bond donors (Lipinski definition) is 2. The van der Waals surface area contributed by atoms with E-state index in [1.54, 1.807) is 0 Å². The van der Waals surface area contributed by atoms with Crippen LogP contribution in [0.2, 0.25) is 0 Å². The molecule has 0 radical (unpaired) electrons. The molecular formula is C10H15N3. The van der Waals surface area contributed by atoms with Crippen LogP contribution in [-0.2, 0) is 0 Å². The van der Waals surface area contributed by atoms with Crippen LogP contribution in [0, 0.1) is 11.8 Å². The molecule has 0 unspecified atom stereocenters. The molecule has 0 aliphatic heterocycles. The molecule has 1 aromatic rings. The maximum Gasteiger partial charge on any atom is 0.145 e. The Balaban J connectivity index is 1.63. The van der Waals surface area contributed by atoms with E-state index in [1.165, 1.54) is 31.4 Å². The molecule has 3 heteroatoms. The number of nitrogens with one attached hydrogen (secondary N) is 1. The summed E-state index contributed by atoms with van der Waals surface area (Å²) in [5, 5.41) is 6.97. The number of nitrogens with two attached hydrogens (primary N) is 1. The third kappa shape index (κ3) is 1.23. The van der Waals surface area contributed by atoms with E-state index in [2.05, 4.69) is 10.2 Å². The Morgan fingerprint density at radius 1 is 1.31 bits per heavy atom. The summed E-state index contributed by atoms with van der Waals surface area (Å²) in [7, 11) is 0. The van der Waals surface area contributed by atoms with E-state index in [0.29, 0.717) is 5.82 Å². The van der Waals surface area contributed by atoms with Crippen LogP contribution in [0.25, 0.3) is 0 Å². The largest absolute Gasteiger partial charge is 0.382 e. The van der Waals surface area contributed by atoms with Gasteiger partial charge in [0.05, 0.1) is 0 Å². The Kier molecular flexibility index (Phi) is 1.43. The molecule has 0 spiro atoms. The molecule has 1 aromatic heterocycles. The molecular weight excluding hydrogens is 162 g/mol. The number of H-pyrrole nitrogens is 1. The lowest BCUT2D eigenvalue weighted by atomic mass is 9.71. The summed E-state index contributed by atoms with van der Waals surface area (Å²) in [6.45, 7) is 0. The van der Waals surface area contributed by atoms with Crippen LogP contribution in [0.1, 0.15) is 37.3 Å². The van der Waals surface area contributed by atoms with Gasteiger partial charge in [0.15, 0.2) is 0 Å². The molecule has 1 heterocycles. The number of aromatic amines is 1. The van der Waals surface area contributed by atoms with E-state index < -0.39 is 0 Å². The quantitative estimate of drug-likeness (QED) is 0.724. The second-order valence-electron chi connectivity index (χ2n) is 4.51. The lowest BCUT2D eigenvalue weighted by Gasteiger charge is -2.34. The maximum absolute atomic E-state index is 5.56. The van der Waals surface area contributed by atoms with Crippen LogP contribution < -0.4 is 5.73 Å². The maximum atomic E-state index is 5.56. The molecule has 0 amide bonds. The first-order valence-corrected chi connectivity index (χ1v) is 5.13. The van der Waals surface area contributed by atoms with E-state index in [0.717, 1.165) is 17.8 Å². The van der Waals surface area contributed by atoms with Crippen molar-refractivity contribution in [1.82, 2.24) is 10.2 Å². The first kappa shape index (κ1) is 7.42. The van der Waals surface area contributed by atoms with Gasteiger partial charge >= 0.3 is 0 Å². The summed E-state index contributed by atoms with van der Waals surface area (Å²) in [5.41, 5.74) is 6.80. The van der Waals surface area contributed by atoms with Crippen molar-refractivity contribution < 1.29 is 0 Å². The number of nitrogens with zero attached hydrogens (tertiary/aromatic N) is 1. The number of rotatable bonds is 2. The third-order valence-corrected chi connectivity index (χ3v) is 3.52. The normalized spacial score (nSPS) is 32.9. The SMILES string of the molecule is Nc1cc(C2CC(C3CC3)C2)[nH]n1. The van der Waals surface area contributed by atoms with Crippen LogP contribution in [0.15, 0.2) is 6.07 Å². The zero-order valence-electron chi connectivity index (χ0n) is 7.66. The summed E-state index contributed by atoms with van der Waals surface area (Å²) in [5.74, 6) is 3.42. The van der Waals surface area contributed by atoms with Gasteiger partial charge in [0.1, 0.15) is 5.82 Å². The van der Waals surface area contributed by atoms with Gasteiger partial charge in [-0.2, -0.15) is 5.10 Å². The Bertz CT molecular complexity index is 308. The number of nitrogen functional groups attached to an aromatic ring is 1. The van der Waals surface area contributed by atoms with Crippen LogP contribution in [0.4, 0.5) is 5.82 Å². The minimum absolute atomic E-state index is 0.630. The van der Waals surface area contributed by atoms with E-state index >= 15 is 0 Å². The molecule has 0 saturated heterocycles. The van der Waals surface area contributed by atoms with Gasteiger partial charge < -0.3 is 5.73 Å². The van der Waals surface area contributed by atoms with Gasteiger partial charge in [-0.25, -0.2) is 0 Å². The van der Waals surface area contributed by atoms with E-state index in [-0.39, 0.29) is 0 Å². The van der Waals surface area contributed by atoms with Crippen molar-refractivity contribution in [3.05, 3.63) is 11.8 Å². The molecule has 0 aromatic carbocycles. The van der Waals surface area contributed by atoms with E-state index in [4.69, 9.17) is 5.73 Å². The lowest BCUT2D eigenvalue weighted by Crippen LogP contribution is -2.23. The van der Waals surface area contributed by atoms with Gasteiger partial charge in [-0.05, 0) is 37.5 Å². The third-order valence-electron chi connectivity index (χ3n) is 3.52. The van der Waals surface area contributed by atoms with Crippen molar-refractivity contribution in [3.8, 4) is 0 Å². The molecule has 0 bridgehead atoms. The lowest BCUT2D eigenvalue weighted by molar-refractivity contribution is 0.228. The Labute approximate surface area is 77.7 Å². The predicted octanol–water partition coefficient (Wildman–Crippen LogP) is 1.90.